The molecule has 0 saturated heterocycles. The molecule has 3 nitrogen and oxygen atoms in total. The molecule has 0 fully saturated rings. The Morgan fingerprint density at radius 1 is 1.20 bits per heavy atom. The standard InChI is InChI=1S/C10H10F2O3/c11-10(12,6-13)7-1-2-8-9(5-7)15-4-3-14-8/h1-2,5,13H,3-4,6H2. The molecular formula is C10H10F2O3. The first kappa shape index (κ1) is 10.2. The van der Waals surface area contributed by atoms with Gasteiger partial charge in [0, 0.05) is 5.56 Å². The number of alkyl halides is 2. The van der Waals surface area contributed by atoms with Crippen molar-refractivity contribution in [3.8, 4) is 11.5 Å². The quantitative estimate of drug-likeness (QED) is 0.815. The van der Waals surface area contributed by atoms with Gasteiger partial charge in [-0.1, -0.05) is 0 Å². The molecule has 1 aromatic rings. The van der Waals surface area contributed by atoms with Gasteiger partial charge < -0.3 is 14.6 Å². The van der Waals surface area contributed by atoms with Gasteiger partial charge in [0.05, 0.1) is 0 Å². The molecular weight excluding hydrogens is 206 g/mol. The van der Waals surface area contributed by atoms with Gasteiger partial charge >= 0.3 is 0 Å². The van der Waals surface area contributed by atoms with Crippen LogP contribution in [-0.4, -0.2) is 24.9 Å². The van der Waals surface area contributed by atoms with Gasteiger partial charge in [-0.25, -0.2) is 0 Å². The van der Waals surface area contributed by atoms with E-state index in [0.29, 0.717) is 24.7 Å². The Labute approximate surface area is 85.2 Å². The summed E-state index contributed by atoms with van der Waals surface area (Å²) in [5.41, 5.74) is -0.269. The van der Waals surface area contributed by atoms with Gasteiger partial charge in [0.15, 0.2) is 11.5 Å². The second-order valence-corrected chi connectivity index (χ2v) is 3.22. The first-order chi connectivity index (χ1) is 7.13. The molecule has 1 heterocycles. The molecule has 0 unspecified atom stereocenters. The molecule has 0 atom stereocenters. The van der Waals surface area contributed by atoms with Gasteiger partial charge in [-0.15, -0.1) is 0 Å². The molecule has 0 aromatic heterocycles. The van der Waals surface area contributed by atoms with Gasteiger partial charge in [-0.3, -0.25) is 0 Å². The molecule has 0 amide bonds. The predicted octanol–water partition coefficient (Wildman–Crippen LogP) is 1.54. The number of ether oxygens (including phenoxy) is 2. The largest absolute Gasteiger partial charge is 0.486 e. The summed E-state index contributed by atoms with van der Waals surface area (Å²) in [6.07, 6.45) is 0. The van der Waals surface area contributed by atoms with E-state index in [1.165, 1.54) is 18.2 Å². The molecule has 1 aliphatic rings. The van der Waals surface area contributed by atoms with Crippen LogP contribution in [0.4, 0.5) is 8.78 Å². The highest BCUT2D eigenvalue weighted by molar-refractivity contribution is 5.44. The average Bonchev–Trinajstić information content (AvgIpc) is 2.28. The minimum atomic E-state index is -3.24. The molecule has 82 valence electrons. The smallest absolute Gasteiger partial charge is 0.295 e. The minimum Gasteiger partial charge on any atom is -0.486 e. The Morgan fingerprint density at radius 2 is 1.87 bits per heavy atom. The molecule has 1 aliphatic heterocycles. The molecule has 0 aliphatic carbocycles. The highest BCUT2D eigenvalue weighted by Crippen LogP contribution is 2.36. The maximum Gasteiger partial charge on any atom is 0.295 e. The van der Waals surface area contributed by atoms with Crippen LogP contribution in [0.2, 0.25) is 0 Å². The van der Waals surface area contributed by atoms with E-state index in [-0.39, 0.29) is 5.56 Å². The van der Waals surface area contributed by atoms with Crippen LogP contribution in [0.25, 0.3) is 0 Å². The molecule has 1 aromatic carbocycles. The Balaban J connectivity index is 2.36. The van der Waals surface area contributed by atoms with Gasteiger partial charge in [-0.2, -0.15) is 8.78 Å². The highest BCUT2D eigenvalue weighted by Gasteiger charge is 2.31. The third kappa shape index (κ3) is 1.87. The van der Waals surface area contributed by atoms with Crippen LogP contribution in [0.3, 0.4) is 0 Å². The summed E-state index contributed by atoms with van der Waals surface area (Å²) in [5, 5.41) is 8.53. The van der Waals surface area contributed by atoms with Crippen molar-refractivity contribution in [3.63, 3.8) is 0 Å². The molecule has 0 bridgehead atoms. The average molecular weight is 216 g/mol. The summed E-state index contributed by atoms with van der Waals surface area (Å²) in [4.78, 5) is 0. The van der Waals surface area contributed by atoms with Gasteiger partial charge in [-0.05, 0) is 18.2 Å². The third-order valence-corrected chi connectivity index (χ3v) is 2.16. The monoisotopic (exact) mass is 216 g/mol. The number of rotatable bonds is 2. The van der Waals surface area contributed by atoms with E-state index in [9.17, 15) is 8.78 Å². The first-order valence-corrected chi connectivity index (χ1v) is 4.52. The van der Waals surface area contributed by atoms with Crippen LogP contribution in [0.5, 0.6) is 11.5 Å². The molecule has 2 rings (SSSR count). The highest BCUT2D eigenvalue weighted by atomic mass is 19.3. The summed E-state index contributed by atoms with van der Waals surface area (Å²) in [5.74, 6) is -2.49. The van der Waals surface area contributed by atoms with Crippen LogP contribution in [-0.2, 0) is 5.92 Å². The fourth-order valence-corrected chi connectivity index (χ4v) is 1.36. The number of hydrogen-bond donors (Lipinski definition) is 1. The number of halogens is 2. The van der Waals surface area contributed by atoms with Crippen molar-refractivity contribution in [3.05, 3.63) is 23.8 Å². The lowest BCUT2D eigenvalue weighted by atomic mass is 10.1. The lowest BCUT2D eigenvalue weighted by Gasteiger charge is -2.21. The zero-order valence-corrected chi connectivity index (χ0v) is 7.87. The third-order valence-electron chi connectivity index (χ3n) is 2.16. The summed E-state index contributed by atoms with van der Waals surface area (Å²) < 4.78 is 36.6. The van der Waals surface area contributed by atoms with Crippen LogP contribution >= 0.6 is 0 Å². The van der Waals surface area contributed by atoms with E-state index in [1.54, 1.807) is 0 Å². The summed E-state index contributed by atoms with van der Waals surface area (Å²) in [6, 6.07) is 3.85. The van der Waals surface area contributed by atoms with Gasteiger partial charge in [0.2, 0.25) is 0 Å². The van der Waals surface area contributed by atoms with Crippen molar-refractivity contribution in [2.45, 2.75) is 5.92 Å². The van der Waals surface area contributed by atoms with Crippen LogP contribution < -0.4 is 9.47 Å². The van der Waals surface area contributed by atoms with E-state index < -0.39 is 12.5 Å². The Bertz CT molecular complexity index is 366. The second-order valence-electron chi connectivity index (χ2n) is 3.22. The van der Waals surface area contributed by atoms with Crippen molar-refractivity contribution in [2.75, 3.05) is 19.8 Å². The van der Waals surface area contributed by atoms with Crippen molar-refractivity contribution in [1.82, 2.24) is 0 Å². The first-order valence-electron chi connectivity index (χ1n) is 4.52. The molecule has 0 radical (unpaired) electrons. The van der Waals surface area contributed by atoms with Crippen LogP contribution in [0.1, 0.15) is 5.56 Å². The summed E-state index contributed by atoms with van der Waals surface area (Å²) >= 11 is 0. The Morgan fingerprint density at radius 3 is 2.53 bits per heavy atom. The maximum atomic E-state index is 13.1. The summed E-state index contributed by atoms with van der Waals surface area (Å²) in [7, 11) is 0. The number of aliphatic hydroxyl groups excluding tert-OH is 1. The number of fused-ring (bicyclic) bond motifs is 1. The normalized spacial score (nSPS) is 15.1. The number of hydrogen-bond acceptors (Lipinski definition) is 3. The van der Waals surface area contributed by atoms with Crippen molar-refractivity contribution in [1.29, 1.82) is 0 Å². The van der Waals surface area contributed by atoms with E-state index in [1.807, 2.05) is 0 Å². The Hall–Kier alpha value is -1.36. The predicted molar refractivity (Wildman–Crippen MR) is 48.4 cm³/mol. The van der Waals surface area contributed by atoms with Crippen LogP contribution in [0, 0.1) is 0 Å². The van der Waals surface area contributed by atoms with E-state index >= 15 is 0 Å². The lowest BCUT2D eigenvalue weighted by Crippen LogP contribution is -2.20. The SMILES string of the molecule is OCC(F)(F)c1ccc2c(c1)OCCO2. The fraction of sp³-hybridized carbons (Fsp3) is 0.400. The molecule has 0 saturated carbocycles. The van der Waals surface area contributed by atoms with E-state index in [4.69, 9.17) is 14.6 Å². The fourth-order valence-electron chi connectivity index (χ4n) is 1.36. The molecule has 5 heteroatoms. The number of benzene rings is 1. The summed E-state index contributed by atoms with van der Waals surface area (Å²) in [6.45, 7) is -0.448. The maximum absolute atomic E-state index is 13.1. The zero-order chi connectivity index (χ0) is 10.9. The van der Waals surface area contributed by atoms with Crippen molar-refractivity contribution in [2.24, 2.45) is 0 Å². The van der Waals surface area contributed by atoms with Gasteiger partial charge in [0.25, 0.3) is 5.92 Å². The van der Waals surface area contributed by atoms with Crippen molar-refractivity contribution >= 4 is 0 Å². The Kier molecular flexibility index (Phi) is 2.48. The molecule has 15 heavy (non-hydrogen) atoms. The number of aliphatic hydroxyl groups is 1. The van der Waals surface area contributed by atoms with E-state index in [0.717, 1.165) is 0 Å². The van der Waals surface area contributed by atoms with Crippen molar-refractivity contribution < 1.29 is 23.4 Å². The second kappa shape index (κ2) is 3.66. The topological polar surface area (TPSA) is 38.7 Å². The minimum absolute atomic E-state index is 0.269. The van der Waals surface area contributed by atoms with Crippen LogP contribution in [0.15, 0.2) is 18.2 Å². The zero-order valence-electron chi connectivity index (χ0n) is 7.87. The lowest BCUT2D eigenvalue weighted by molar-refractivity contribution is -0.0558. The molecule has 1 N–H and O–H groups in total. The molecule has 0 spiro atoms. The van der Waals surface area contributed by atoms with E-state index in [2.05, 4.69) is 0 Å². The van der Waals surface area contributed by atoms with Gasteiger partial charge in [0.1, 0.15) is 19.8 Å².